The average molecular weight is 459 g/mol. The van der Waals surface area contributed by atoms with Crippen LogP contribution in [0, 0.1) is 6.92 Å². The smallest absolute Gasteiger partial charge is 0.253 e. The van der Waals surface area contributed by atoms with Gasteiger partial charge in [-0.1, -0.05) is 13.0 Å². The highest BCUT2D eigenvalue weighted by atomic mass is 16.1. The summed E-state index contributed by atoms with van der Waals surface area (Å²) in [5, 5.41) is 0. The Morgan fingerprint density at radius 3 is 2.82 bits per heavy atom. The number of aliphatic imine (C=N–C) groups is 1. The Morgan fingerprint density at radius 2 is 2.12 bits per heavy atom. The first-order valence-electron chi connectivity index (χ1n) is 12.0. The number of fused-ring (bicyclic) bond motifs is 1. The molecule has 2 aliphatic rings. The SMILES string of the molecule is CC/C=C(/C(C)=C\c1nc(C)cc(=O)n1C)N1CCc2ncc(/C(C=NC3CC3)=C/N)cc2C1. The molecule has 4 rings (SSSR count). The molecule has 0 radical (unpaired) electrons. The molecular formula is C27H34N6O. The summed E-state index contributed by atoms with van der Waals surface area (Å²) in [6.07, 6.45) is 13.8. The van der Waals surface area contributed by atoms with Crippen LogP contribution in [-0.2, 0) is 20.0 Å². The molecule has 1 aliphatic heterocycles. The van der Waals surface area contributed by atoms with Crippen LogP contribution in [0.3, 0.4) is 0 Å². The summed E-state index contributed by atoms with van der Waals surface area (Å²) >= 11 is 0. The molecule has 1 saturated carbocycles. The second-order valence-electron chi connectivity index (χ2n) is 9.11. The van der Waals surface area contributed by atoms with Gasteiger partial charge in [-0.2, -0.15) is 0 Å². The van der Waals surface area contributed by atoms with E-state index in [4.69, 9.17) is 10.7 Å². The van der Waals surface area contributed by atoms with Gasteiger partial charge in [0.25, 0.3) is 5.56 Å². The van der Waals surface area contributed by atoms with Gasteiger partial charge in [0.2, 0.25) is 0 Å². The van der Waals surface area contributed by atoms with Crippen molar-refractivity contribution in [3.8, 4) is 0 Å². The van der Waals surface area contributed by atoms with Crippen LogP contribution >= 0.6 is 0 Å². The van der Waals surface area contributed by atoms with Crippen molar-refractivity contribution >= 4 is 17.9 Å². The lowest BCUT2D eigenvalue weighted by Crippen LogP contribution is -2.31. The minimum atomic E-state index is -0.0490. The summed E-state index contributed by atoms with van der Waals surface area (Å²) in [6.45, 7) is 7.74. The van der Waals surface area contributed by atoms with E-state index in [1.807, 2.05) is 25.4 Å². The average Bonchev–Trinajstić information content (AvgIpc) is 3.65. The summed E-state index contributed by atoms with van der Waals surface area (Å²) in [5.41, 5.74) is 13.1. The minimum absolute atomic E-state index is 0.0490. The molecule has 7 heteroatoms. The Bertz CT molecular complexity index is 1250. The number of aromatic nitrogens is 3. The molecule has 0 saturated heterocycles. The Hall–Kier alpha value is -3.48. The van der Waals surface area contributed by atoms with Gasteiger partial charge in [-0.3, -0.25) is 19.3 Å². The van der Waals surface area contributed by atoms with Crippen molar-refractivity contribution in [1.29, 1.82) is 0 Å². The Kier molecular flexibility index (Phi) is 7.10. The second kappa shape index (κ2) is 10.2. The number of hydrogen-bond donors (Lipinski definition) is 1. The maximum atomic E-state index is 12.2. The van der Waals surface area contributed by atoms with Gasteiger partial charge < -0.3 is 10.6 Å². The molecular weight excluding hydrogens is 424 g/mol. The molecule has 1 aliphatic carbocycles. The first-order chi connectivity index (χ1) is 16.4. The van der Waals surface area contributed by atoms with E-state index in [0.717, 1.165) is 66.9 Å². The molecule has 2 aromatic rings. The van der Waals surface area contributed by atoms with E-state index in [0.29, 0.717) is 11.9 Å². The monoisotopic (exact) mass is 458 g/mol. The Labute approximate surface area is 201 Å². The Balaban J connectivity index is 1.61. The first kappa shape index (κ1) is 23.7. The third kappa shape index (κ3) is 5.35. The van der Waals surface area contributed by atoms with Crippen LogP contribution in [0.15, 0.2) is 51.7 Å². The van der Waals surface area contributed by atoms with Crippen LogP contribution in [-0.4, -0.2) is 38.2 Å². The molecule has 1 fully saturated rings. The normalized spacial score (nSPS) is 17.4. The van der Waals surface area contributed by atoms with Crippen LogP contribution in [0.1, 0.15) is 61.4 Å². The van der Waals surface area contributed by atoms with E-state index >= 15 is 0 Å². The summed E-state index contributed by atoms with van der Waals surface area (Å²) < 4.78 is 1.59. The van der Waals surface area contributed by atoms with Crippen molar-refractivity contribution in [3.63, 3.8) is 0 Å². The molecule has 0 aromatic carbocycles. The van der Waals surface area contributed by atoms with Gasteiger partial charge in [0, 0.05) is 79.5 Å². The Morgan fingerprint density at radius 1 is 1.32 bits per heavy atom. The quantitative estimate of drug-likeness (QED) is 0.504. The van der Waals surface area contributed by atoms with Gasteiger partial charge >= 0.3 is 0 Å². The standard InChI is InChI=1S/C27H34N6O/c1-5-6-25(18(2)11-26-31-19(3)12-27(34)32(26)4)33-10-9-24-21(17-33)13-20(15-30-24)22(14-28)16-29-23-7-8-23/h6,11-16,23H,5,7-10,17,28H2,1-4H3/b18-11-,22-14+,25-6-,29-16?. The maximum absolute atomic E-state index is 12.2. The molecule has 0 unspecified atom stereocenters. The van der Waals surface area contributed by atoms with Crippen LogP contribution in [0.5, 0.6) is 0 Å². The fourth-order valence-corrected chi connectivity index (χ4v) is 4.22. The van der Waals surface area contributed by atoms with Crippen molar-refractivity contribution in [3.05, 3.63) is 80.6 Å². The number of nitrogens with two attached hydrogens (primary N) is 1. The zero-order valence-electron chi connectivity index (χ0n) is 20.6. The molecule has 7 nitrogen and oxygen atoms in total. The van der Waals surface area contributed by atoms with E-state index in [1.54, 1.807) is 23.9 Å². The number of pyridine rings is 1. The summed E-state index contributed by atoms with van der Waals surface area (Å²) in [6, 6.07) is 4.21. The maximum Gasteiger partial charge on any atom is 0.253 e. The van der Waals surface area contributed by atoms with E-state index in [9.17, 15) is 4.79 Å². The lowest BCUT2D eigenvalue weighted by atomic mass is 9.99. The minimum Gasteiger partial charge on any atom is -0.404 e. The molecule has 3 heterocycles. The lowest BCUT2D eigenvalue weighted by molar-refractivity contribution is 0.324. The fourth-order valence-electron chi connectivity index (χ4n) is 4.22. The van der Waals surface area contributed by atoms with Crippen molar-refractivity contribution in [2.75, 3.05) is 6.54 Å². The number of aryl methyl sites for hydroxylation is 1. The molecule has 0 amide bonds. The van der Waals surface area contributed by atoms with Gasteiger partial charge in [0.15, 0.2) is 0 Å². The van der Waals surface area contributed by atoms with Crippen LogP contribution < -0.4 is 11.3 Å². The predicted octanol–water partition coefficient (Wildman–Crippen LogP) is 3.77. The van der Waals surface area contributed by atoms with E-state index in [2.05, 4.69) is 40.9 Å². The van der Waals surface area contributed by atoms with Crippen LogP contribution in [0.25, 0.3) is 11.6 Å². The third-order valence-electron chi connectivity index (χ3n) is 6.31. The van der Waals surface area contributed by atoms with E-state index < -0.39 is 0 Å². The van der Waals surface area contributed by atoms with Crippen molar-refractivity contribution in [2.45, 2.75) is 59.0 Å². The fraction of sp³-hybridized carbons (Fsp3) is 0.407. The van der Waals surface area contributed by atoms with Crippen LogP contribution in [0.2, 0.25) is 0 Å². The van der Waals surface area contributed by atoms with E-state index in [1.165, 1.54) is 11.3 Å². The highest BCUT2D eigenvalue weighted by molar-refractivity contribution is 6.09. The highest BCUT2D eigenvalue weighted by Crippen LogP contribution is 2.28. The van der Waals surface area contributed by atoms with Gasteiger partial charge in [0.05, 0.1) is 6.04 Å². The lowest BCUT2D eigenvalue weighted by Gasteiger charge is -2.33. The third-order valence-corrected chi connectivity index (χ3v) is 6.31. The van der Waals surface area contributed by atoms with E-state index in [-0.39, 0.29) is 5.56 Å². The van der Waals surface area contributed by atoms with Crippen molar-refractivity contribution in [1.82, 2.24) is 19.4 Å². The molecule has 2 N–H and O–H groups in total. The van der Waals surface area contributed by atoms with Crippen molar-refractivity contribution in [2.24, 2.45) is 17.8 Å². The largest absolute Gasteiger partial charge is 0.404 e. The molecule has 178 valence electrons. The first-order valence-corrected chi connectivity index (χ1v) is 12.0. The van der Waals surface area contributed by atoms with Gasteiger partial charge in [-0.25, -0.2) is 4.98 Å². The topological polar surface area (TPSA) is 89.4 Å². The molecule has 34 heavy (non-hydrogen) atoms. The number of hydrogen-bond acceptors (Lipinski definition) is 6. The number of rotatable bonds is 7. The molecule has 0 atom stereocenters. The van der Waals surface area contributed by atoms with Gasteiger partial charge in [0.1, 0.15) is 5.82 Å². The summed E-state index contributed by atoms with van der Waals surface area (Å²) in [4.78, 5) is 28.5. The van der Waals surface area contributed by atoms with Crippen molar-refractivity contribution < 1.29 is 0 Å². The van der Waals surface area contributed by atoms with Crippen LogP contribution in [0.4, 0.5) is 0 Å². The predicted molar refractivity (Wildman–Crippen MR) is 138 cm³/mol. The molecule has 0 spiro atoms. The highest BCUT2D eigenvalue weighted by Gasteiger charge is 2.22. The molecule has 2 aromatic heterocycles. The van der Waals surface area contributed by atoms with Gasteiger partial charge in [-0.05, 0) is 56.4 Å². The second-order valence-corrected chi connectivity index (χ2v) is 9.11. The number of nitrogens with zero attached hydrogens (tertiary/aromatic N) is 5. The molecule has 0 bridgehead atoms. The zero-order valence-corrected chi connectivity index (χ0v) is 20.6. The summed E-state index contributed by atoms with van der Waals surface area (Å²) in [7, 11) is 1.76. The number of allylic oxidation sites excluding steroid dienone is 3. The summed E-state index contributed by atoms with van der Waals surface area (Å²) in [5.74, 6) is 0.665. The van der Waals surface area contributed by atoms with Gasteiger partial charge in [-0.15, -0.1) is 0 Å². The zero-order chi connectivity index (χ0) is 24.2.